The van der Waals surface area contributed by atoms with E-state index in [4.69, 9.17) is 5.73 Å². The molecule has 3 N–H and O–H groups in total. The van der Waals surface area contributed by atoms with Gasteiger partial charge in [0.25, 0.3) is 0 Å². The molecule has 0 aromatic carbocycles. The number of anilines is 1. The smallest absolute Gasteiger partial charge is 0.184 e. The first kappa shape index (κ1) is 8.84. The third-order valence-electron chi connectivity index (χ3n) is 1.63. The molecule has 0 fully saturated rings. The molecule has 0 saturated heterocycles. The fourth-order valence-corrected chi connectivity index (χ4v) is 0.946. The Balaban J connectivity index is 2.93. The minimum atomic E-state index is -0.350. The molecule has 0 spiro atoms. The second kappa shape index (κ2) is 2.66. The monoisotopic (exact) mass is 166 g/mol. The number of carbonyl (C=O) groups is 1. The van der Waals surface area contributed by atoms with Gasteiger partial charge in [-0.3, -0.25) is 4.79 Å². The second-order valence-electron chi connectivity index (χ2n) is 3.93. The highest BCUT2D eigenvalue weighted by Gasteiger charge is 2.23. The van der Waals surface area contributed by atoms with E-state index in [1.807, 2.05) is 20.8 Å². The molecule has 0 aliphatic rings. The van der Waals surface area contributed by atoms with Gasteiger partial charge in [-0.05, 0) is 6.07 Å². The number of nitrogens with two attached hydrogens (primary N) is 1. The molecule has 0 unspecified atom stereocenters. The zero-order chi connectivity index (χ0) is 9.35. The van der Waals surface area contributed by atoms with Gasteiger partial charge < -0.3 is 10.7 Å². The van der Waals surface area contributed by atoms with Crippen molar-refractivity contribution in [3.05, 3.63) is 18.0 Å². The predicted octanol–water partition coefficient (Wildman–Crippen LogP) is 1.83. The fraction of sp³-hybridized carbons (Fsp3) is 0.444. The maximum atomic E-state index is 11.6. The lowest BCUT2D eigenvalue weighted by Crippen LogP contribution is -2.20. The molecule has 66 valence electrons. The van der Waals surface area contributed by atoms with Crippen molar-refractivity contribution in [1.29, 1.82) is 0 Å². The zero-order valence-electron chi connectivity index (χ0n) is 7.64. The maximum absolute atomic E-state index is 11.6. The summed E-state index contributed by atoms with van der Waals surface area (Å²) in [6.07, 6.45) is 1.62. The lowest BCUT2D eigenvalue weighted by Gasteiger charge is -2.14. The average Bonchev–Trinajstić information content (AvgIpc) is 2.32. The van der Waals surface area contributed by atoms with Gasteiger partial charge in [-0.2, -0.15) is 0 Å². The van der Waals surface area contributed by atoms with Crippen molar-refractivity contribution in [3.8, 4) is 0 Å². The standard InChI is InChI=1S/C9H14N2O/c1-9(2,3)8(12)7-4-6(10)5-11-7/h4-5,11H,10H2,1-3H3. The highest BCUT2D eigenvalue weighted by Crippen LogP contribution is 2.20. The van der Waals surface area contributed by atoms with Crippen molar-refractivity contribution >= 4 is 11.5 Å². The number of ketones is 1. The molecule has 0 atom stereocenters. The van der Waals surface area contributed by atoms with Crippen molar-refractivity contribution in [1.82, 2.24) is 4.98 Å². The van der Waals surface area contributed by atoms with Crippen LogP contribution in [0.4, 0.5) is 5.69 Å². The number of aromatic amines is 1. The lowest BCUT2D eigenvalue weighted by atomic mass is 9.89. The Labute approximate surface area is 72.0 Å². The van der Waals surface area contributed by atoms with E-state index in [1.54, 1.807) is 12.3 Å². The van der Waals surface area contributed by atoms with Crippen LogP contribution in [-0.2, 0) is 0 Å². The Morgan fingerprint density at radius 1 is 1.50 bits per heavy atom. The number of nitrogens with one attached hydrogen (secondary N) is 1. The number of Topliss-reactive ketones (excluding diaryl/α,β-unsaturated/α-hetero) is 1. The van der Waals surface area contributed by atoms with Crippen LogP contribution in [0.1, 0.15) is 31.3 Å². The molecule has 1 aromatic rings. The Morgan fingerprint density at radius 3 is 2.42 bits per heavy atom. The van der Waals surface area contributed by atoms with Crippen LogP contribution < -0.4 is 5.73 Å². The number of carbonyl (C=O) groups excluding carboxylic acids is 1. The Bertz CT molecular complexity index is 294. The minimum Gasteiger partial charge on any atom is -0.397 e. The number of hydrogen-bond acceptors (Lipinski definition) is 2. The Hall–Kier alpha value is -1.25. The van der Waals surface area contributed by atoms with Crippen LogP contribution in [-0.4, -0.2) is 10.8 Å². The Morgan fingerprint density at radius 2 is 2.08 bits per heavy atom. The summed E-state index contributed by atoms with van der Waals surface area (Å²) >= 11 is 0. The average molecular weight is 166 g/mol. The third-order valence-corrected chi connectivity index (χ3v) is 1.63. The molecule has 0 radical (unpaired) electrons. The van der Waals surface area contributed by atoms with Crippen molar-refractivity contribution < 1.29 is 4.79 Å². The largest absolute Gasteiger partial charge is 0.397 e. The first-order valence-corrected chi connectivity index (χ1v) is 3.90. The summed E-state index contributed by atoms with van der Waals surface area (Å²) in [7, 11) is 0. The maximum Gasteiger partial charge on any atom is 0.184 e. The van der Waals surface area contributed by atoms with Gasteiger partial charge in [-0.1, -0.05) is 20.8 Å². The normalized spacial score (nSPS) is 11.6. The van der Waals surface area contributed by atoms with Crippen molar-refractivity contribution in [3.63, 3.8) is 0 Å². The van der Waals surface area contributed by atoms with E-state index < -0.39 is 0 Å². The summed E-state index contributed by atoms with van der Waals surface area (Å²) in [5.41, 5.74) is 6.31. The molecule has 0 amide bonds. The van der Waals surface area contributed by atoms with Crippen LogP contribution in [0.2, 0.25) is 0 Å². The Kier molecular flexibility index (Phi) is 1.96. The molecule has 1 rings (SSSR count). The van der Waals surface area contributed by atoms with Crippen LogP contribution in [0, 0.1) is 5.41 Å². The van der Waals surface area contributed by atoms with Gasteiger partial charge in [0.15, 0.2) is 5.78 Å². The molecule has 0 aliphatic heterocycles. The SMILES string of the molecule is CC(C)(C)C(=O)c1cc(N)c[nH]1. The minimum absolute atomic E-state index is 0.0826. The lowest BCUT2D eigenvalue weighted by molar-refractivity contribution is 0.0853. The van der Waals surface area contributed by atoms with Gasteiger partial charge in [0.2, 0.25) is 0 Å². The topological polar surface area (TPSA) is 58.9 Å². The van der Waals surface area contributed by atoms with Crippen LogP contribution in [0.15, 0.2) is 12.3 Å². The van der Waals surface area contributed by atoms with E-state index >= 15 is 0 Å². The van der Waals surface area contributed by atoms with Gasteiger partial charge in [-0.15, -0.1) is 0 Å². The molecule has 3 nitrogen and oxygen atoms in total. The number of rotatable bonds is 1. The first-order chi connectivity index (χ1) is 5.41. The van der Waals surface area contributed by atoms with Gasteiger partial charge in [0, 0.05) is 17.3 Å². The number of aromatic nitrogens is 1. The fourth-order valence-electron chi connectivity index (χ4n) is 0.946. The molecule has 0 saturated carbocycles. The molecule has 12 heavy (non-hydrogen) atoms. The molecule has 0 aliphatic carbocycles. The summed E-state index contributed by atoms with van der Waals surface area (Å²) in [5, 5.41) is 0. The third kappa shape index (κ3) is 1.67. The van der Waals surface area contributed by atoms with Crippen molar-refractivity contribution in [2.24, 2.45) is 5.41 Å². The summed E-state index contributed by atoms with van der Waals surface area (Å²) in [6.45, 7) is 5.64. The van der Waals surface area contributed by atoms with E-state index in [2.05, 4.69) is 4.98 Å². The second-order valence-corrected chi connectivity index (χ2v) is 3.93. The molecule has 1 heterocycles. The number of nitrogen functional groups attached to an aromatic ring is 1. The van der Waals surface area contributed by atoms with E-state index in [-0.39, 0.29) is 11.2 Å². The van der Waals surface area contributed by atoms with Gasteiger partial charge in [0.05, 0.1) is 5.69 Å². The molecule has 3 heteroatoms. The van der Waals surface area contributed by atoms with E-state index in [9.17, 15) is 4.79 Å². The van der Waals surface area contributed by atoms with Gasteiger partial charge in [-0.25, -0.2) is 0 Å². The number of H-pyrrole nitrogens is 1. The molecular formula is C9H14N2O. The zero-order valence-corrected chi connectivity index (χ0v) is 7.64. The molecule has 0 bridgehead atoms. The first-order valence-electron chi connectivity index (χ1n) is 3.90. The van der Waals surface area contributed by atoms with Crippen LogP contribution in [0.5, 0.6) is 0 Å². The van der Waals surface area contributed by atoms with Gasteiger partial charge in [0.1, 0.15) is 0 Å². The van der Waals surface area contributed by atoms with E-state index in [0.29, 0.717) is 11.4 Å². The van der Waals surface area contributed by atoms with Crippen molar-refractivity contribution in [2.75, 3.05) is 5.73 Å². The van der Waals surface area contributed by atoms with Crippen molar-refractivity contribution in [2.45, 2.75) is 20.8 Å². The highest BCUT2D eigenvalue weighted by atomic mass is 16.1. The number of hydrogen-bond donors (Lipinski definition) is 2. The summed E-state index contributed by atoms with van der Waals surface area (Å²) in [6, 6.07) is 1.66. The quantitative estimate of drug-likeness (QED) is 0.625. The van der Waals surface area contributed by atoms with E-state index in [1.165, 1.54) is 0 Å². The summed E-state index contributed by atoms with van der Waals surface area (Å²) in [5.74, 6) is 0.0826. The predicted molar refractivity (Wildman–Crippen MR) is 49.0 cm³/mol. The van der Waals surface area contributed by atoms with E-state index in [0.717, 1.165) is 0 Å². The molecular weight excluding hydrogens is 152 g/mol. The van der Waals surface area contributed by atoms with Gasteiger partial charge >= 0.3 is 0 Å². The van der Waals surface area contributed by atoms with Crippen LogP contribution >= 0.6 is 0 Å². The summed E-state index contributed by atoms with van der Waals surface area (Å²) in [4.78, 5) is 14.4. The summed E-state index contributed by atoms with van der Waals surface area (Å²) < 4.78 is 0. The highest BCUT2D eigenvalue weighted by molar-refractivity contribution is 5.98. The van der Waals surface area contributed by atoms with Crippen LogP contribution in [0.3, 0.4) is 0 Å². The molecule has 1 aromatic heterocycles. The van der Waals surface area contributed by atoms with Crippen LogP contribution in [0.25, 0.3) is 0 Å².